The maximum atomic E-state index is 11.2. The van der Waals surface area contributed by atoms with Crippen LogP contribution in [0.15, 0.2) is 30.5 Å². The highest BCUT2D eigenvalue weighted by Crippen LogP contribution is 2.25. The first-order chi connectivity index (χ1) is 9.88. The molecule has 0 aliphatic heterocycles. The van der Waals surface area contributed by atoms with Crippen LogP contribution in [0.4, 0.5) is 17.2 Å². The van der Waals surface area contributed by atoms with Crippen molar-refractivity contribution in [2.45, 2.75) is 6.92 Å². The van der Waals surface area contributed by atoms with Crippen LogP contribution in [0.2, 0.25) is 5.02 Å². The zero-order valence-corrected chi connectivity index (χ0v) is 11.6. The normalized spacial score (nSPS) is 10.2. The van der Waals surface area contributed by atoms with Crippen molar-refractivity contribution in [2.24, 2.45) is 0 Å². The summed E-state index contributed by atoms with van der Waals surface area (Å²) in [6.07, 6.45) is 0.991. The van der Waals surface area contributed by atoms with Crippen molar-refractivity contribution in [3.05, 3.63) is 56.7 Å². The van der Waals surface area contributed by atoms with Gasteiger partial charge in [-0.1, -0.05) is 17.7 Å². The number of rotatable bonds is 4. The van der Waals surface area contributed by atoms with Crippen LogP contribution in [-0.4, -0.2) is 21.0 Å². The lowest BCUT2D eigenvalue weighted by atomic mass is 10.2. The lowest BCUT2D eigenvalue weighted by Crippen LogP contribution is -2.06. The quantitative estimate of drug-likeness (QED) is 0.662. The van der Waals surface area contributed by atoms with E-state index in [9.17, 15) is 14.9 Å². The number of halogens is 1. The second kappa shape index (κ2) is 5.76. The highest BCUT2D eigenvalue weighted by Gasteiger charge is 2.17. The monoisotopic (exact) mass is 307 g/mol. The molecule has 8 heteroatoms. The molecule has 0 aliphatic carbocycles. The average Bonchev–Trinajstić information content (AvgIpc) is 2.43. The molecule has 21 heavy (non-hydrogen) atoms. The summed E-state index contributed by atoms with van der Waals surface area (Å²) in [6, 6.07) is 6.03. The maximum absolute atomic E-state index is 11.2. The molecule has 0 spiro atoms. The van der Waals surface area contributed by atoms with Gasteiger partial charge in [-0.15, -0.1) is 0 Å². The summed E-state index contributed by atoms with van der Waals surface area (Å²) < 4.78 is 0. The average molecular weight is 308 g/mol. The predicted octanol–water partition coefficient (Wildman–Crippen LogP) is 3.39. The smallest absolute Gasteiger partial charge is 0.339 e. The first kappa shape index (κ1) is 14.7. The Morgan fingerprint density at radius 1 is 1.43 bits per heavy atom. The van der Waals surface area contributed by atoms with Gasteiger partial charge < -0.3 is 10.4 Å². The Morgan fingerprint density at radius 2 is 2.14 bits per heavy atom. The minimum atomic E-state index is -1.31. The summed E-state index contributed by atoms with van der Waals surface area (Å²) in [5.41, 5.74) is 0.729. The van der Waals surface area contributed by atoms with E-state index in [0.29, 0.717) is 10.7 Å². The number of nitro groups is 1. The third-order valence-corrected chi connectivity index (χ3v) is 3.16. The number of aryl methyl sites for hydroxylation is 1. The van der Waals surface area contributed by atoms with Crippen LogP contribution < -0.4 is 5.32 Å². The number of nitrogens with zero attached hydrogens (tertiary/aromatic N) is 2. The van der Waals surface area contributed by atoms with Gasteiger partial charge >= 0.3 is 5.97 Å². The standard InChI is InChI=1S/C13H10ClN3O4/c1-7-2-3-8(4-11(7)14)16-12-10(13(18)19)5-9(6-15-12)17(20)21/h2-6H,1H3,(H,15,16)(H,18,19). The van der Waals surface area contributed by atoms with E-state index in [1.807, 2.05) is 6.92 Å². The Bertz CT molecular complexity index is 733. The number of pyridine rings is 1. The number of carboxylic acids is 1. The van der Waals surface area contributed by atoms with Crippen LogP contribution in [0.25, 0.3) is 0 Å². The molecule has 2 N–H and O–H groups in total. The van der Waals surface area contributed by atoms with Gasteiger partial charge in [-0.05, 0) is 24.6 Å². The summed E-state index contributed by atoms with van der Waals surface area (Å²) >= 11 is 5.98. The SMILES string of the molecule is Cc1ccc(Nc2ncc([N+](=O)[O-])cc2C(=O)O)cc1Cl. The van der Waals surface area contributed by atoms with E-state index < -0.39 is 10.9 Å². The Hall–Kier alpha value is -2.67. The van der Waals surface area contributed by atoms with Crippen molar-refractivity contribution in [1.29, 1.82) is 0 Å². The second-order valence-corrected chi connectivity index (χ2v) is 4.65. The van der Waals surface area contributed by atoms with Gasteiger partial charge in [-0.3, -0.25) is 10.1 Å². The minimum absolute atomic E-state index is 0.00743. The van der Waals surface area contributed by atoms with Crippen LogP contribution in [-0.2, 0) is 0 Å². The number of nitrogens with one attached hydrogen (secondary N) is 1. The fraction of sp³-hybridized carbons (Fsp3) is 0.0769. The van der Waals surface area contributed by atoms with E-state index in [1.165, 1.54) is 0 Å². The van der Waals surface area contributed by atoms with E-state index in [2.05, 4.69) is 10.3 Å². The minimum Gasteiger partial charge on any atom is -0.478 e. The Balaban J connectivity index is 2.41. The fourth-order valence-corrected chi connectivity index (χ4v) is 1.80. The van der Waals surface area contributed by atoms with E-state index in [0.717, 1.165) is 17.8 Å². The molecule has 0 fully saturated rings. The van der Waals surface area contributed by atoms with Crippen LogP contribution >= 0.6 is 11.6 Å². The fourth-order valence-electron chi connectivity index (χ4n) is 1.62. The maximum Gasteiger partial charge on any atom is 0.339 e. The van der Waals surface area contributed by atoms with Gasteiger partial charge in [-0.25, -0.2) is 9.78 Å². The molecular formula is C13H10ClN3O4. The molecule has 108 valence electrons. The summed E-state index contributed by atoms with van der Waals surface area (Å²) in [5, 5.41) is 23.1. The zero-order valence-electron chi connectivity index (χ0n) is 10.8. The summed E-state index contributed by atoms with van der Waals surface area (Å²) in [6.45, 7) is 1.83. The number of hydrogen-bond acceptors (Lipinski definition) is 5. The molecular weight excluding hydrogens is 298 g/mol. The number of anilines is 2. The lowest BCUT2D eigenvalue weighted by Gasteiger charge is -2.09. The molecule has 0 saturated heterocycles. The second-order valence-electron chi connectivity index (χ2n) is 4.24. The van der Waals surface area contributed by atoms with Gasteiger partial charge in [0.1, 0.15) is 17.6 Å². The molecule has 0 unspecified atom stereocenters. The summed E-state index contributed by atoms with van der Waals surface area (Å²) in [5.74, 6) is -1.31. The van der Waals surface area contributed by atoms with Crippen molar-refractivity contribution < 1.29 is 14.8 Å². The van der Waals surface area contributed by atoms with Crippen molar-refractivity contribution in [3.8, 4) is 0 Å². The molecule has 2 rings (SSSR count). The van der Waals surface area contributed by atoms with E-state index in [-0.39, 0.29) is 17.1 Å². The van der Waals surface area contributed by atoms with Crippen molar-refractivity contribution in [2.75, 3.05) is 5.32 Å². The Kier molecular flexibility index (Phi) is 4.04. The molecule has 7 nitrogen and oxygen atoms in total. The van der Waals surface area contributed by atoms with Gasteiger partial charge in [-0.2, -0.15) is 0 Å². The molecule has 0 radical (unpaired) electrons. The lowest BCUT2D eigenvalue weighted by molar-refractivity contribution is -0.385. The first-order valence-electron chi connectivity index (χ1n) is 5.79. The molecule has 2 aromatic rings. The van der Waals surface area contributed by atoms with Gasteiger partial charge in [0, 0.05) is 16.8 Å². The van der Waals surface area contributed by atoms with E-state index in [4.69, 9.17) is 16.7 Å². The van der Waals surface area contributed by atoms with E-state index in [1.54, 1.807) is 18.2 Å². The summed E-state index contributed by atoms with van der Waals surface area (Å²) in [4.78, 5) is 24.9. The highest BCUT2D eigenvalue weighted by molar-refractivity contribution is 6.31. The number of hydrogen-bond donors (Lipinski definition) is 2. The molecule has 0 atom stereocenters. The molecule has 1 heterocycles. The molecule has 0 amide bonds. The van der Waals surface area contributed by atoms with Gasteiger partial charge in [0.25, 0.3) is 5.69 Å². The number of carbonyl (C=O) groups is 1. The highest BCUT2D eigenvalue weighted by atomic mass is 35.5. The number of aromatic nitrogens is 1. The topological polar surface area (TPSA) is 105 Å². The van der Waals surface area contributed by atoms with Crippen molar-refractivity contribution in [3.63, 3.8) is 0 Å². The molecule has 1 aromatic carbocycles. The van der Waals surface area contributed by atoms with Crippen LogP contribution in [0, 0.1) is 17.0 Å². The zero-order chi connectivity index (χ0) is 15.6. The van der Waals surface area contributed by atoms with Crippen molar-refractivity contribution >= 4 is 34.8 Å². The Labute approximate surface area is 124 Å². The molecule has 0 saturated carbocycles. The third-order valence-electron chi connectivity index (χ3n) is 2.75. The van der Waals surface area contributed by atoms with Gasteiger partial charge in [0.15, 0.2) is 0 Å². The molecule has 1 aromatic heterocycles. The predicted molar refractivity (Wildman–Crippen MR) is 77.3 cm³/mol. The van der Waals surface area contributed by atoms with Crippen LogP contribution in [0.5, 0.6) is 0 Å². The molecule has 0 aliphatic rings. The summed E-state index contributed by atoms with van der Waals surface area (Å²) in [7, 11) is 0. The third kappa shape index (κ3) is 3.26. The van der Waals surface area contributed by atoms with Crippen molar-refractivity contribution in [1.82, 2.24) is 4.98 Å². The number of carboxylic acid groups (broad SMARTS) is 1. The Morgan fingerprint density at radius 3 is 2.71 bits per heavy atom. The van der Waals surface area contributed by atoms with Gasteiger partial charge in [0.05, 0.1) is 4.92 Å². The number of benzene rings is 1. The van der Waals surface area contributed by atoms with Crippen LogP contribution in [0.1, 0.15) is 15.9 Å². The van der Waals surface area contributed by atoms with E-state index >= 15 is 0 Å². The van der Waals surface area contributed by atoms with Gasteiger partial charge in [0.2, 0.25) is 0 Å². The first-order valence-corrected chi connectivity index (χ1v) is 6.17. The van der Waals surface area contributed by atoms with Crippen LogP contribution in [0.3, 0.4) is 0 Å². The molecule has 0 bridgehead atoms. The number of aromatic carboxylic acids is 1. The largest absolute Gasteiger partial charge is 0.478 e.